The number of fused-ring (bicyclic) bond motifs is 1. The molecule has 0 bridgehead atoms. The van der Waals surface area contributed by atoms with Crippen molar-refractivity contribution in [1.82, 2.24) is 4.90 Å². The summed E-state index contributed by atoms with van der Waals surface area (Å²) in [7, 11) is 0. The maximum atomic E-state index is 12.7. The molecule has 2 heterocycles. The van der Waals surface area contributed by atoms with Gasteiger partial charge in [0.1, 0.15) is 0 Å². The monoisotopic (exact) mass is 413 g/mol. The fourth-order valence-electron chi connectivity index (χ4n) is 2.59. The molecule has 1 aliphatic rings. The highest BCUT2D eigenvalue weighted by Gasteiger charge is 2.36. The first-order chi connectivity index (χ1) is 10.1. The number of hydrogen-bond donors (Lipinski definition) is 1. The molecule has 6 heteroatoms. The van der Waals surface area contributed by atoms with Gasteiger partial charge in [-0.2, -0.15) is 0 Å². The normalized spacial score (nSPS) is 17.4. The van der Waals surface area contributed by atoms with Crippen molar-refractivity contribution in [1.29, 1.82) is 0 Å². The van der Waals surface area contributed by atoms with Gasteiger partial charge in [0.15, 0.2) is 6.04 Å². The van der Waals surface area contributed by atoms with Crippen LogP contribution in [0.2, 0.25) is 0 Å². The number of thiophene rings is 1. The third-order valence-electron chi connectivity index (χ3n) is 3.53. The molecule has 1 N–H and O–H groups in total. The number of benzene rings is 1. The number of carbonyl (C=O) groups is 2. The minimum Gasteiger partial charge on any atom is -0.479 e. The van der Waals surface area contributed by atoms with Crippen LogP contribution in [0.4, 0.5) is 0 Å². The highest BCUT2D eigenvalue weighted by atomic mass is 127. The van der Waals surface area contributed by atoms with Crippen LogP contribution < -0.4 is 0 Å². The van der Waals surface area contributed by atoms with Crippen LogP contribution in [-0.4, -0.2) is 28.4 Å². The van der Waals surface area contributed by atoms with E-state index in [2.05, 4.69) is 22.6 Å². The van der Waals surface area contributed by atoms with Crippen molar-refractivity contribution in [2.75, 3.05) is 6.54 Å². The number of amides is 1. The average Bonchev–Trinajstić information content (AvgIpc) is 2.93. The number of carboxylic acid groups (broad SMARTS) is 1. The van der Waals surface area contributed by atoms with Gasteiger partial charge in [-0.1, -0.05) is 6.07 Å². The van der Waals surface area contributed by atoms with Crippen LogP contribution in [0.1, 0.15) is 26.8 Å². The molecule has 4 nitrogen and oxygen atoms in total. The molecule has 3 rings (SSSR count). The summed E-state index contributed by atoms with van der Waals surface area (Å²) < 4.78 is 0.957. The summed E-state index contributed by atoms with van der Waals surface area (Å²) >= 11 is 3.70. The number of hydrogen-bond acceptors (Lipinski definition) is 3. The second kappa shape index (κ2) is 5.76. The number of carbonyl (C=O) groups excluding carboxylic acids is 1. The van der Waals surface area contributed by atoms with Gasteiger partial charge in [0.2, 0.25) is 0 Å². The van der Waals surface area contributed by atoms with Gasteiger partial charge >= 0.3 is 5.97 Å². The van der Waals surface area contributed by atoms with E-state index in [1.54, 1.807) is 23.5 Å². The van der Waals surface area contributed by atoms with Gasteiger partial charge in [0.05, 0.1) is 0 Å². The quantitative estimate of drug-likeness (QED) is 0.770. The molecule has 2 aromatic rings. The number of rotatable bonds is 2. The minimum atomic E-state index is -0.978. The molecule has 0 spiro atoms. The van der Waals surface area contributed by atoms with Gasteiger partial charge in [-0.05, 0) is 64.2 Å². The highest BCUT2D eigenvalue weighted by molar-refractivity contribution is 14.1. The Hall–Kier alpha value is -1.41. The van der Waals surface area contributed by atoms with E-state index >= 15 is 0 Å². The van der Waals surface area contributed by atoms with Crippen molar-refractivity contribution in [3.63, 3.8) is 0 Å². The first-order valence-electron chi connectivity index (χ1n) is 6.43. The van der Waals surface area contributed by atoms with Gasteiger partial charge < -0.3 is 10.0 Å². The smallest absolute Gasteiger partial charge is 0.331 e. The average molecular weight is 413 g/mol. The highest BCUT2D eigenvalue weighted by Crippen LogP contribution is 2.34. The Morgan fingerprint density at radius 2 is 2.14 bits per heavy atom. The molecular formula is C15H12INO3S. The van der Waals surface area contributed by atoms with E-state index < -0.39 is 12.0 Å². The topological polar surface area (TPSA) is 57.6 Å². The number of nitrogens with zero attached hydrogens (tertiary/aromatic N) is 1. The van der Waals surface area contributed by atoms with Crippen LogP contribution in [0.15, 0.2) is 35.7 Å². The third kappa shape index (κ3) is 2.69. The van der Waals surface area contributed by atoms with Crippen LogP contribution in [0.25, 0.3) is 0 Å². The van der Waals surface area contributed by atoms with E-state index in [-0.39, 0.29) is 5.91 Å². The molecule has 1 amide bonds. The first-order valence-corrected chi connectivity index (χ1v) is 8.39. The number of halogens is 1. The number of carboxylic acids is 1. The Kier molecular flexibility index (Phi) is 3.99. The molecule has 1 aromatic heterocycles. The van der Waals surface area contributed by atoms with Crippen LogP contribution >= 0.6 is 33.9 Å². The molecule has 0 radical (unpaired) electrons. The van der Waals surface area contributed by atoms with E-state index in [1.165, 1.54) is 4.90 Å². The lowest BCUT2D eigenvalue weighted by atomic mass is 9.99. The van der Waals surface area contributed by atoms with Crippen LogP contribution in [-0.2, 0) is 11.2 Å². The Morgan fingerprint density at radius 3 is 2.86 bits per heavy atom. The zero-order chi connectivity index (χ0) is 15.0. The minimum absolute atomic E-state index is 0.224. The van der Waals surface area contributed by atoms with Crippen LogP contribution in [0, 0.1) is 3.57 Å². The Labute approximate surface area is 139 Å². The van der Waals surface area contributed by atoms with Crippen molar-refractivity contribution < 1.29 is 14.7 Å². The molecule has 108 valence electrons. The van der Waals surface area contributed by atoms with Gasteiger partial charge in [-0.15, -0.1) is 11.3 Å². The zero-order valence-electron chi connectivity index (χ0n) is 11.0. The first kappa shape index (κ1) is 14.5. The standard InChI is InChI=1S/C15H12INO3S/c16-10-3-1-2-9(8-10)14(18)17-6-4-12-11(5-7-21-12)13(17)15(19)20/h1-3,5,7-8,13H,4,6H2,(H,19,20). The fourth-order valence-corrected chi connectivity index (χ4v) is 4.04. The lowest BCUT2D eigenvalue weighted by molar-refractivity contribution is -0.142. The fraction of sp³-hybridized carbons (Fsp3) is 0.200. The van der Waals surface area contributed by atoms with Gasteiger partial charge in [-0.25, -0.2) is 4.79 Å². The van der Waals surface area contributed by atoms with Crippen molar-refractivity contribution >= 4 is 45.8 Å². The van der Waals surface area contributed by atoms with E-state index in [1.807, 2.05) is 23.6 Å². The van der Waals surface area contributed by atoms with Gasteiger partial charge in [0.25, 0.3) is 5.91 Å². The zero-order valence-corrected chi connectivity index (χ0v) is 13.9. The summed E-state index contributed by atoms with van der Waals surface area (Å²) in [6.45, 7) is 0.439. The third-order valence-corrected chi connectivity index (χ3v) is 5.20. The van der Waals surface area contributed by atoms with Crippen molar-refractivity contribution in [3.8, 4) is 0 Å². The lowest BCUT2D eigenvalue weighted by Gasteiger charge is -2.33. The van der Waals surface area contributed by atoms with Crippen molar-refractivity contribution in [2.45, 2.75) is 12.5 Å². The van der Waals surface area contributed by atoms with E-state index in [0.29, 0.717) is 18.5 Å². The predicted octanol–water partition coefficient (Wildman–Crippen LogP) is 3.18. The molecule has 0 fully saturated rings. The summed E-state index contributed by atoms with van der Waals surface area (Å²) in [5.41, 5.74) is 1.28. The summed E-state index contributed by atoms with van der Waals surface area (Å²) in [5, 5.41) is 11.4. The summed E-state index contributed by atoms with van der Waals surface area (Å²) in [5.74, 6) is -1.20. The molecule has 1 aliphatic heterocycles. The molecule has 1 atom stereocenters. The molecule has 0 aliphatic carbocycles. The molecule has 0 saturated heterocycles. The van der Waals surface area contributed by atoms with Crippen LogP contribution in [0.5, 0.6) is 0 Å². The van der Waals surface area contributed by atoms with E-state index in [0.717, 1.165) is 14.0 Å². The molecule has 1 unspecified atom stereocenters. The molecule has 0 saturated carbocycles. The van der Waals surface area contributed by atoms with Crippen molar-refractivity contribution in [2.24, 2.45) is 0 Å². The summed E-state index contributed by atoms with van der Waals surface area (Å²) in [6.07, 6.45) is 0.715. The van der Waals surface area contributed by atoms with Gasteiger partial charge in [0, 0.05) is 20.6 Å². The SMILES string of the molecule is O=C(O)C1c2ccsc2CCN1C(=O)c1cccc(I)c1. The Balaban J connectivity index is 1.98. The summed E-state index contributed by atoms with van der Waals surface area (Å²) in [6, 6.07) is 8.15. The second-order valence-corrected chi connectivity index (χ2v) is 7.05. The largest absolute Gasteiger partial charge is 0.479 e. The van der Waals surface area contributed by atoms with E-state index in [9.17, 15) is 14.7 Å². The molecule has 1 aromatic carbocycles. The lowest BCUT2D eigenvalue weighted by Crippen LogP contribution is -2.43. The maximum Gasteiger partial charge on any atom is 0.331 e. The second-order valence-electron chi connectivity index (χ2n) is 4.80. The van der Waals surface area contributed by atoms with Crippen molar-refractivity contribution in [3.05, 3.63) is 55.3 Å². The van der Waals surface area contributed by atoms with E-state index in [4.69, 9.17) is 0 Å². The molecule has 21 heavy (non-hydrogen) atoms. The maximum absolute atomic E-state index is 12.7. The molecular weight excluding hydrogens is 401 g/mol. The van der Waals surface area contributed by atoms with Gasteiger partial charge in [-0.3, -0.25) is 4.79 Å². The Bertz CT molecular complexity index is 712. The van der Waals surface area contributed by atoms with Crippen LogP contribution in [0.3, 0.4) is 0 Å². The summed E-state index contributed by atoms with van der Waals surface area (Å²) in [4.78, 5) is 26.8. The Morgan fingerprint density at radius 1 is 1.33 bits per heavy atom. The predicted molar refractivity (Wildman–Crippen MR) is 88.6 cm³/mol. The number of aliphatic carboxylic acids is 1.